The topological polar surface area (TPSA) is 120 Å². The average molecular weight is 491 g/mol. The highest BCUT2D eigenvalue weighted by atomic mass is 32.2. The Bertz CT molecular complexity index is 1380. The molecule has 2 aromatic heterocycles. The van der Waals surface area contributed by atoms with Gasteiger partial charge in [0.1, 0.15) is 33.3 Å². The number of hydrogen-bond donors (Lipinski definition) is 0. The zero-order chi connectivity index (χ0) is 24.8. The Morgan fingerprint density at radius 2 is 1.65 bits per heavy atom. The lowest BCUT2D eigenvalue weighted by Gasteiger charge is -2.33. The Balaban J connectivity index is 1.55. The number of nitrogens with zero attached hydrogens (tertiary/aromatic N) is 2. The largest absolute Gasteiger partial charge is 0.497 e. The van der Waals surface area contributed by atoms with Crippen molar-refractivity contribution in [2.75, 3.05) is 40.4 Å². The van der Waals surface area contributed by atoms with E-state index in [1.807, 2.05) is 6.07 Å². The summed E-state index contributed by atoms with van der Waals surface area (Å²) in [6.07, 6.45) is 0. The van der Waals surface area contributed by atoms with Crippen LogP contribution in [0.3, 0.4) is 0 Å². The van der Waals surface area contributed by atoms with Crippen LogP contribution in [0.1, 0.15) is 38.0 Å². The second kappa shape index (κ2) is 8.80. The van der Waals surface area contributed by atoms with E-state index in [4.69, 9.17) is 18.3 Å². The van der Waals surface area contributed by atoms with Gasteiger partial charge < -0.3 is 23.2 Å². The number of ether oxygens (including phenoxy) is 2. The summed E-state index contributed by atoms with van der Waals surface area (Å²) >= 11 is 0. The van der Waals surface area contributed by atoms with Crippen molar-refractivity contribution >= 4 is 32.9 Å². The molecule has 1 amide bonds. The SMILES string of the molecule is COC(=O)c1c(C)oc(C)c1S(=O)(=O)N1CCN(C(=O)c2oc3ccc(OC)cc3c2C)CC1. The second-order valence-corrected chi connectivity index (χ2v) is 9.90. The van der Waals surface area contributed by atoms with Gasteiger partial charge in [-0.25, -0.2) is 13.2 Å². The first-order valence-electron chi connectivity index (χ1n) is 10.6. The van der Waals surface area contributed by atoms with Crippen molar-refractivity contribution in [3.05, 3.63) is 46.6 Å². The highest BCUT2D eigenvalue weighted by Crippen LogP contribution is 2.32. The van der Waals surface area contributed by atoms with Crippen LogP contribution in [-0.4, -0.2) is 69.9 Å². The number of methoxy groups -OCH3 is 2. The van der Waals surface area contributed by atoms with E-state index in [9.17, 15) is 18.0 Å². The maximum atomic E-state index is 13.4. The third kappa shape index (κ3) is 3.84. The molecule has 182 valence electrons. The summed E-state index contributed by atoms with van der Waals surface area (Å²) in [5.74, 6) is 0.0756. The smallest absolute Gasteiger partial charge is 0.342 e. The van der Waals surface area contributed by atoms with Crippen molar-refractivity contribution in [1.29, 1.82) is 0 Å². The first-order valence-corrected chi connectivity index (χ1v) is 12.1. The highest BCUT2D eigenvalue weighted by Gasteiger charge is 2.38. The fourth-order valence-corrected chi connectivity index (χ4v) is 6.04. The van der Waals surface area contributed by atoms with Gasteiger partial charge in [-0.3, -0.25) is 4.79 Å². The van der Waals surface area contributed by atoms with Gasteiger partial charge in [0.25, 0.3) is 5.91 Å². The van der Waals surface area contributed by atoms with Gasteiger partial charge in [0.2, 0.25) is 10.0 Å². The molecule has 34 heavy (non-hydrogen) atoms. The number of sulfonamides is 1. The number of carbonyl (C=O) groups excluding carboxylic acids is 2. The molecule has 0 N–H and O–H groups in total. The second-order valence-electron chi connectivity index (χ2n) is 8.02. The lowest BCUT2D eigenvalue weighted by molar-refractivity contribution is 0.0594. The molecule has 0 radical (unpaired) electrons. The van der Waals surface area contributed by atoms with Gasteiger partial charge in [0, 0.05) is 37.1 Å². The molecule has 1 aliphatic rings. The van der Waals surface area contributed by atoms with Crippen LogP contribution in [-0.2, 0) is 14.8 Å². The van der Waals surface area contributed by atoms with Crippen LogP contribution in [0.25, 0.3) is 11.0 Å². The van der Waals surface area contributed by atoms with Gasteiger partial charge in [-0.1, -0.05) is 0 Å². The Hall–Kier alpha value is -3.31. The minimum atomic E-state index is -4.04. The quantitative estimate of drug-likeness (QED) is 0.501. The summed E-state index contributed by atoms with van der Waals surface area (Å²) in [5, 5.41) is 0.782. The third-order valence-corrected chi connectivity index (χ3v) is 8.11. The van der Waals surface area contributed by atoms with Gasteiger partial charge >= 0.3 is 5.97 Å². The number of carbonyl (C=O) groups is 2. The minimum Gasteiger partial charge on any atom is -0.497 e. The molecule has 0 unspecified atom stereocenters. The standard InChI is InChI=1S/C23H26N2O8S/c1-13-17-12-16(30-4)6-7-18(17)33-20(13)22(26)24-8-10-25(11-9-24)34(28,29)21-15(3)32-14(2)19(21)23(27)31-5/h6-7,12H,8-11H2,1-5H3. The third-order valence-electron chi connectivity index (χ3n) is 6.06. The first kappa shape index (κ1) is 23.8. The van der Waals surface area contributed by atoms with Crippen LogP contribution >= 0.6 is 0 Å². The molecule has 3 heterocycles. The first-order chi connectivity index (χ1) is 16.1. The number of fused-ring (bicyclic) bond motifs is 1. The zero-order valence-corrected chi connectivity index (χ0v) is 20.4. The molecule has 0 atom stereocenters. The fraction of sp³-hybridized carbons (Fsp3) is 0.391. The van der Waals surface area contributed by atoms with Crippen LogP contribution in [0.15, 0.2) is 31.9 Å². The summed E-state index contributed by atoms with van der Waals surface area (Å²) in [6.45, 7) is 5.27. The van der Waals surface area contributed by atoms with E-state index in [0.29, 0.717) is 16.9 Å². The normalized spacial score (nSPS) is 15.0. The summed E-state index contributed by atoms with van der Waals surface area (Å²) in [6, 6.07) is 5.31. The zero-order valence-electron chi connectivity index (χ0n) is 19.6. The molecule has 1 aromatic carbocycles. The molecule has 10 nitrogen and oxygen atoms in total. The van der Waals surface area contributed by atoms with Crippen LogP contribution in [0.5, 0.6) is 5.75 Å². The van der Waals surface area contributed by atoms with Crippen molar-refractivity contribution in [3.63, 3.8) is 0 Å². The number of benzene rings is 1. The summed E-state index contributed by atoms with van der Waals surface area (Å²) in [5.41, 5.74) is 1.16. The predicted molar refractivity (Wildman–Crippen MR) is 122 cm³/mol. The fourth-order valence-electron chi connectivity index (χ4n) is 4.25. The number of furan rings is 2. The number of rotatable bonds is 5. The molecule has 1 aliphatic heterocycles. The van der Waals surface area contributed by atoms with Gasteiger partial charge in [-0.05, 0) is 39.0 Å². The van der Waals surface area contributed by atoms with E-state index in [0.717, 1.165) is 5.39 Å². The molecule has 0 spiro atoms. The van der Waals surface area contributed by atoms with Crippen LogP contribution < -0.4 is 4.74 Å². The number of aryl methyl sites for hydroxylation is 3. The molecular formula is C23H26N2O8S. The van der Waals surface area contributed by atoms with Gasteiger partial charge in [0.15, 0.2) is 5.76 Å². The Kier molecular flexibility index (Phi) is 6.17. The molecule has 1 saturated heterocycles. The number of hydrogen-bond acceptors (Lipinski definition) is 8. The van der Waals surface area contributed by atoms with Gasteiger partial charge in [-0.2, -0.15) is 4.31 Å². The average Bonchev–Trinajstić information content (AvgIpc) is 3.33. The number of piperazine rings is 1. The Morgan fingerprint density at radius 3 is 2.26 bits per heavy atom. The minimum absolute atomic E-state index is 0.0610. The summed E-state index contributed by atoms with van der Waals surface area (Å²) in [4.78, 5) is 26.7. The molecule has 0 saturated carbocycles. The highest BCUT2D eigenvalue weighted by molar-refractivity contribution is 7.89. The number of esters is 1. The van der Waals surface area contributed by atoms with Crippen molar-refractivity contribution in [1.82, 2.24) is 9.21 Å². The van der Waals surface area contributed by atoms with E-state index >= 15 is 0 Å². The van der Waals surface area contributed by atoms with Crippen molar-refractivity contribution in [2.24, 2.45) is 0 Å². The molecular weight excluding hydrogens is 464 g/mol. The van der Waals surface area contributed by atoms with E-state index in [-0.39, 0.29) is 59.8 Å². The van der Waals surface area contributed by atoms with Crippen LogP contribution in [0.2, 0.25) is 0 Å². The Labute approximate surface area is 197 Å². The van der Waals surface area contributed by atoms with Gasteiger partial charge in [-0.15, -0.1) is 0 Å². The van der Waals surface area contributed by atoms with Crippen LogP contribution in [0.4, 0.5) is 0 Å². The molecule has 1 fully saturated rings. The molecule has 4 rings (SSSR count). The monoisotopic (exact) mass is 490 g/mol. The van der Waals surface area contributed by atoms with E-state index in [2.05, 4.69) is 0 Å². The predicted octanol–water partition coefficient (Wildman–Crippen LogP) is 2.89. The van der Waals surface area contributed by atoms with Crippen molar-refractivity contribution in [2.45, 2.75) is 25.7 Å². The molecule has 0 aliphatic carbocycles. The maximum Gasteiger partial charge on any atom is 0.342 e. The van der Waals surface area contributed by atoms with Crippen molar-refractivity contribution in [3.8, 4) is 5.75 Å². The van der Waals surface area contributed by atoms with E-state index in [1.165, 1.54) is 25.3 Å². The summed E-state index contributed by atoms with van der Waals surface area (Å²) in [7, 11) is -1.30. The van der Waals surface area contributed by atoms with E-state index in [1.54, 1.807) is 31.1 Å². The van der Waals surface area contributed by atoms with Crippen molar-refractivity contribution < 1.29 is 36.3 Å². The van der Waals surface area contributed by atoms with Crippen LogP contribution in [0, 0.1) is 20.8 Å². The summed E-state index contributed by atoms with van der Waals surface area (Å²) < 4.78 is 49.2. The lowest BCUT2D eigenvalue weighted by atomic mass is 10.1. The molecule has 11 heteroatoms. The maximum absolute atomic E-state index is 13.4. The van der Waals surface area contributed by atoms with Gasteiger partial charge in [0.05, 0.1) is 14.2 Å². The number of amides is 1. The Morgan fingerprint density at radius 1 is 0.971 bits per heavy atom. The lowest BCUT2D eigenvalue weighted by Crippen LogP contribution is -2.50. The van der Waals surface area contributed by atoms with E-state index < -0.39 is 16.0 Å². The molecule has 0 bridgehead atoms. The molecule has 3 aromatic rings.